The van der Waals surface area contributed by atoms with Crippen molar-refractivity contribution in [3.8, 4) is 5.75 Å². The van der Waals surface area contributed by atoms with Gasteiger partial charge in [0, 0.05) is 11.1 Å². The standard InChI is InChI=1S/C14H10O3/c15-14(16)9-5-6-10-8-17-13-4-2-1-3-11(13)12(10)7-9/h1-9H,(H,15,16). The van der Waals surface area contributed by atoms with Crippen molar-refractivity contribution in [2.24, 2.45) is 5.92 Å². The lowest BCUT2D eigenvalue weighted by atomic mass is 9.88. The van der Waals surface area contributed by atoms with Gasteiger partial charge in [0.25, 0.3) is 0 Å². The van der Waals surface area contributed by atoms with E-state index in [0.717, 1.165) is 22.5 Å². The van der Waals surface area contributed by atoms with E-state index in [0.29, 0.717) is 0 Å². The molecule has 0 spiro atoms. The van der Waals surface area contributed by atoms with Crippen LogP contribution in [-0.4, -0.2) is 11.1 Å². The molecule has 1 N–H and O–H groups in total. The second kappa shape index (κ2) is 3.63. The maximum Gasteiger partial charge on any atom is 0.314 e. The summed E-state index contributed by atoms with van der Waals surface area (Å²) < 4.78 is 5.49. The Morgan fingerprint density at radius 1 is 1.29 bits per heavy atom. The van der Waals surface area contributed by atoms with Gasteiger partial charge in [-0.3, -0.25) is 4.79 Å². The molecule has 1 aromatic carbocycles. The first-order valence-electron chi connectivity index (χ1n) is 5.35. The zero-order chi connectivity index (χ0) is 11.8. The molecule has 1 unspecified atom stereocenters. The molecule has 0 radical (unpaired) electrons. The number of carboxylic acid groups (broad SMARTS) is 1. The third-order valence-electron chi connectivity index (χ3n) is 2.92. The van der Waals surface area contributed by atoms with Crippen molar-refractivity contribution in [1.29, 1.82) is 0 Å². The Bertz CT molecular complexity index is 579. The van der Waals surface area contributed by atoms with Crippen molar-refractivity contribution >= 4 is 11.5 Å². The SMILES string of the molecule is O=C(O)C1C=CC2=COc3ccccc3C2=C1. The third-order valence-corrected chi connectivity index (χ3v) is 2.92. The molecule has 1 aliphatic heterocycles. The van der Waals surface area contributed by atoms with Crippen molar-refractivity contribution in [2.75, 3.05) is 0 Å². The van der Waals surface area contributed by atoms with Gasteiger partial charge in [0.2, 0.25) is 0 Å². The first kappa shape index (κ1) is 9.90. The van der Waals surface area contributed by atoms with Gasteiger partial charge in [-0.25, -0.2) is 0 Å². The lowest BCUT2D eigenvalue weighted by Crippen LogP contribution is -2.13. The minimum absolute atomic E-state index is 0.562. The molecular weight excluding hydrogens is 216 g/mol. The Hall–Kier alpha value is -2.29. The molecule has 1 atom stereocenters. The lowest BCUT2D eigenvalue weighted by molar-refractivity contribution is -0.138. The van der Waals surface area contributed by atoms with Crippen LogP contribution in [0.15, 0.2) is 54.3 Å². The molecule has 0 aromatic heterocycles. The number of aliphatic carboxylic acids is 1. The van der Waals surface area contributed by atoms with E-state index in [2.05, 4.69) is 0 Å². The fourth-order valence-corrected chi connectivity index (χ4v) is 2.05. The molecule has 0 saturated carbocycles. The summed E-state index contributed by atoms with van der Waals surface area (Å²) in [7, 11) is 0. The third kappa shape index (κ3) is 1.56. The predicted octanol–water partition coefficient (Wildman–Crippen LogP) is 2.62. The molecule has 2 aliphatic rings. The minimum atomic E-state index is -0.836. The predicted molar refractivity (Wildman–Crippen MR) is 63.4 cm³/mol. The van der Waals surface area contributed by atoms with Gasteiger partial charge < -0.3 is 9.84 Å². The van der Waals surface area contributed by atoms with Crippen molar-refractivity contribution in [2.45, 2.75) is 0 Å². The van der Waals surface area contributed by atoms with Gasteiger partial charge in [-0.2, -0.15) is 0 Å². The van der Waals surface area contributed by atoms with Crippen LogP contribution >= 0.6 is 0 Å². The highest BCUT2D eigenvalue weighted by molar-refractivity contribution is 5.91. The van der Waals surface area contributed by atoms with Crippen LogP contribution in [0.5, 0.6) is 5.75 Å². The Balaban J connectivity index is 2.12. The smallest absolute Gasteiger partial charge is 0.314 e. The topological polar surface area (TPSA) is 46.5 Å². The van der Waals surface area contributed by atoms with Crippen LogP contribution in [0.3, 0.4) is 0 Å². The molecule has 3 rings (SSSR count). The van der Waals surface area contributed by atoms with Gasteiger partial charge in [-0.1, -0.05) is 36.4 Å². The molecule has 17 heavy (non-hydrogen) atoms. The fourth-order valence-electron chi connectivity index (χ4n) is 2.05. The number of carboxylic acids is 1. The van der Waals surface area contributed by atoms with Crippen LogP contribution in [-0.2, 0) is 4.79 Å². The number of carbonyl (C=O) groups is 1. The number of ether oxygens (including phenoxy) is 1. The Morgan fingerprint density at radius 2 is 2.12 bits per heavy atom. The van der Waals surface area contributed by atoms with Crippen molar-refractivity contribution < 1.29 is 14.6 Å². The van der Waals surface area contributed by atoms with Crippen LogP contribution in [0.1, 0.15) is 5.56 Å². The molecular formula is C14H10O3. The van der Waals surface area contributed by atoms with Crippen molar-refractivity contribution in [3.63, 3.8) is 0 Å². The van der Waals surface area contributed by atoms with Crippen LogP contribution in [0.25, 0.3) is 5.57 Å². The van der Waals surface area contributed by atoms with Crippen molar-refractivity contribution in [1.82, 2.24) is 0 Å². The summed E-state index contributed by atoms with van der Waals surface area (Å²) in [5, 5.41) is 9.03. The van der Waals surface area contributed by atoms with E-state index in [-0.39, 0.29) is 0 Å². The normalized spacial score (nSPS) is 20.6. The molecule has 1 heterocycles. The van der Waals surface area contributed by atoms with E-state index in [9.17, 15) is 4.79 Å². The summed E-state index contributed by atoms with van der Waals surface area (Å²) in [6, 6.07) is 7.62. The van der Waals surface area contributed by atoms with E-state index in [1.54, 1.807) is 24.5 Å². The first-order valence-corrected chi connectivity index (χ1v) is 5.35. The highest BCUT2D eigenvalue weighted by atomic mass is 16.5. The zero-order valence-electron chi connectivity index (χ0n) is 8.96. The molecule has 0 bridgehead atoms. The number of benzene rings is 1. The van der Waals surface area contributed by atoms with Gasteiger partial charge >= 0.3 is 5.97 Å². The number of fused-ring (bicyclic) bond motifs is 3. The van der Waals surface area contributed by atoms with Gasteiger partial charge in [-0.05, 0) is 11.6 Å². The fraction of sp³-hybridized carbons (Fsp3) is 0.0714. The van der Waals surface area contributed by atoms with Gasteiger partial charge in [-0.15, -0.1) is 0 Å². The molecule has 1 aromatic rings. The summed E-state index contributed by atoms with van der Waals surface area (Å²) in [6.07, 6.45) is 6.87. The molecule has 3 nitrogen and oxygen atoms in total. The molecule has 1 aliphatic carbocycles. The minimum Gasteiger partial charge on any atom is -0.481 e. The summed E-state index contributed by atoms with van der Waals surface area (Å²) in [6.45, 7) is 0. The zero-order valence-corrected chi connectivity index (χ0v) is 8.96. The quantitative estimate of drug-likeness (QED) is 0.800. The number of rotatable bonds is 1. The van der Waals surface area contributed by atoms with Crippen LogP contribution < -0.4 is 4.74 Å². The van der Waals surface area contributed by atoms with E-state index in [1.165, 1.54) is 0 Å². The summed E-state index contributed by atoms with van der Waals surface area (Å²) >= 11 is 0. The van der Waals surface area contributed by atoms with Gasteiger partial charge in [0.05, 0.1) is 12.2 Å². The van der Waals surface area contributed by atoms with Crippen LogP contribution in [0.4, 0.5) is 0 Å². The van der Waals surface area contributed by atoms with E-state index in [1.807, 2.05) is 24.3 Å². The Labute approximate surface area is 98.3 Å². The summed E-state index contributed by atoms with van der Waals surface area (Å²) in [5.41, 5.74) is 2.79. The maximum absolute atomic E-state index is 11.0. The van der Waals surface area contributed by atoms with Crippen LogP contribution in [0.2, 0.25) is 0 Å². The highest BCUT2D eigenvalue weighted by Gasteiger charge is 2.23. The van der Waals surface area contributed by atoms with Crippen LogP contribution in [0, 0.1) is 5.92 Å². The second-order valence-corrected chi connectivity index (χ2v) is 3.99. The van der Waals surface area contributed by atoms with Gasteiger partial charge in [0.1, 0.15) is 5.75 Å². The average molecular weight is 226 g/mol. The van der Waals surface area contributed by atoms with Gasteiger partial charge in [0.15, 0.2) is 0 Å². The monoisotopic (exact) mass is 226 g/mol. The average Bonchev–Trinajstić information content (AvgIpc) is 2.38. The highest BCUT2D eigenvalue weighted by Crippen LogP contribution is 2.38. The second-order valence-electron chi connectivity index (χ2n) is 3.99. The number of hydrogen-bond donors (Lipinski definition) is 1. The number of allylic oxidation sites excluding steroid dienone is 3. The Morgan fingerprint density at radius 3 is 2.94 bits per heavy atom. The summed E-state index contributed by atoms with van der Waals surface area (Å²) in [4.78, 5) is 11.0. The molecule has 3 heteroatoms. The largest absolute Gasteiger partial charge is 0.481 e. The van der Waals surface area contributed by atoms with E-state index < -0.39 is 11.9 Å². The lowest BCUT2D eigenvalue weighted by Gasteiger charge is -2.22. The molecule has 84 valence electrons. The van der Waals surface area contributed by atoms with E-state index >= 15 is 0 Å². The first-order chi connectivity index (χ1) is 8.25. The van der Waals surface area contributed by atoms with E-state index in [4.69, 9.17) is 9.84 Å². The number of para-hydroxylation sites is 1. The number of hydrogen-bond acceptors (Lipinski definition) is 2. The Kier molecular flexibility index (Phi) is 2.11. The maximum atomic E-state index is 11.0. The molecule has 0 amide bonds. The molecule has 0 saturated heterocycles. The molecule has 0 fully saturated rings. The summed E-state index contributed by atoms with van der Waals surface area (Å²) in [5.74, 6) is -0.632. The van der Waals surface area contributed by atoms with Crippen molar-refractivity contribution in [3.05, 3.63) is 59.9 Å².